The topological polar surface area (TPSA) is 95.3 Å². The molecule has 0 amide bonds. The van der Waals surface area contributed by atoms with Crippen molar-refractivity contribution in [3.05, 3.63) is 10.4 Å². The highest BCUT2D eigenvalue weighted by atomic mass is 16.5. The first-order chi connectivity index (χ1) is 6.22. The molecule has 0 aromatic rings. The Hall–Kier alpha value is -1.26. The van der Waals surface area contributed by atoms with Crippen LogP contribution in [0.3, 0.4) is 0 Å². The quantitative estimate of drug-likeness (QED) is 0.304. The van der Waals surface area contributed by atoms with Gasteiger partial charge in [0.1, 0.15) is 6.10 Å². The van der Waals surface area contributed by atoms with Gasteiger partial charge < -0.3 is 9.84 Å². The van der Waals surface area contributed by atoms with Crippen LogP contribution < -0.4 is 0 Å². The minimum atomic E-state index is -0.614. The molecule has 0 aliphatic carbocycles. The first kappa shape index (κ1) is 9.83. The minimum Gasteiger partial charge on any atom is -0.462 e. The summed E-state index contributed by atoms with van der Waals surface area (Å²) in [5.74, 6) is -0.385. The molecule has 13 heavy (non-hydrogen) atoms. The molecule has 1 aliphatic rings. The van der Waals surface area contributed by atoms with Crippen molar-refractivity contribution in [3.8, 4) is 0 Å². The van der Waals surface area contributed by atoms with E-state index in [0.29, 0.717) is 19.4 Å². The van der Waals surface area contributed by atoms with Crippen LogP contribution in [0.15, 0.2) is 5.11 Å². The minimum absolute atomic E-state index is 0.0675. The van der Waals surface area contributed by atoms with Crippen molar-refractivity contribution in [1.82, 2.24) is 0 Å². The van der Waals surface area contributed by atoms with Gasteiger partial charge in [0.15, 0.2) is 0 Å². The lowest BCUT2D eigenvalue weighted by Gasteiger charge is -2.25. The molecule has 0 aromatic heterocycles. The smallest absolute Gasteiger partial charge is 0.308 e. The first-order valence-electron chi connectivity index (χ1n) is 4.10. The largest absolute Gasteiger partial charge is 0.462 e. The Balaban J connectivity index is 2.32. The summed E-state index contributed by atoms with van der Waals surface area (Å²) in [5.41, 5.74) is 8.00. The molecule has 2 atom stereocenters. The lowest BCUT2D eigenvalue weighted by atomic mass is 10.0. The van der Waals surface area contributed by atoms with Crippen molar-refractivity contribution < 1.29 is 14.6 Å². The second-order valence-electron chi connectivity index (χ2n) is 2.95. The molecule has 1 rings (SSSR count). The molecule has 0 spiro atoms. The first-order valence-corrected chi connectivity index (χ1v) is 4.10. The van der Waals surface area contributed by atoms with Crippen LogP contribution in [0.1, 0.15) is 19.3 Å². The highest BCUT2D eigenvalue weighted by Gasteiger charge is 2.26. The maximum absolute atomic E-state index is 10.8. The normalized spacial score (nSPS) is 27.6. The number of hydrogen-bond acceptors (Lipinski definition) is 4. The number of esters is 1. The van der Waals surface area contributed by atoms with Crippen LogP contribution in [0.25, 0.3) is 10.4 Å². The van der Waals surface area contributed by atoms with E-state index in [4.69, 9.17) is 10.3 Å². The molecular formula is C7H11N3O3. The van der Waals surface area contributed by atoms with E-state index in [-0.39, 0.29) is 18.5 Å². The Bertz CT molecular complexity index is 237. The molecule has 1 N–H and O–H groups in total. The second-order valence-corrected chi connectivity index (χ2v) is 2.95. The van der Waals surface area contributed by atoms with Gasteiger partial charge in [0.05, 0.1) is 12.5 Å². The van der Waals surface area contributed by atoms with E-state index in [1.807, 2.05) is 0 Å². The van der Waals surface area contributed by atoms with Gasteiger partial charge in [-0.2, -0.15) is 0 Å². The lowest BCUT2D eigenvalue weighted by molar-refractivity contribution is -0.160. The predicted molar refractivity (Wildman–Crippen MR) is 43.8 cm³/mol. The average molecular weight is 185 g/mol. The van der Waals surface area contributed by atoms with Crippen LogP contribution in [0, 0.1) is 0 Å². The van der Waals surface area contributed by atoms with E-state index in [0.717, 1.165) is 0 Å². The van der Waals surface area contributed by atoms with E-state index in [9.17, 15) is 9.90 Å². The molecule has 6 heteroatoms. The van der Waals surface area contributed by atoms with Crippen LogP contribution in [-0.2, 0) is 9.53 Å². The summed E-state index contributed by atoms with van der Waals surface area (Å²) >= 11 is 0. The number of azide groups is 1. The van der Waals surface area contributed by atoms with E-state index in [1.165, 1.54) is 0 Å². The zero-order valence-corrected chi connectivity index (χ0v) is 7.09. The number of nitrogens with zero attached hydrogens (tertiary/aromatic N) is 3. The summed E-state index contributed by atoms with van der Waals surface area (Å²) < 4.78 is 4.92. The van der Waals surface area contributed by atoms with Crippen LogP contribution in [0.4, 0.5) is 0 Å². The molecule has 0 bridgehead atoms. The molecule has 1 aliphatic heterocycles. The fourth-order valence-corrected chi connectivity index (χ4v) is 1.28. The molecule has 0 aromatic carbocycles. The van der Waals surface area contributed by atoms with Gasteiger partial charge in [0.2, 0.25) is 0 Å². The van der Waals surface area contributed by atoms with E-state index < -0.39 is 6.10 Å². The summed E-state index contributed by atoms with van der Waals surface area (Å²) in [6.45, 7) is 0.293. The van der Waals surface area contributed by atoms with Crippen molar-refractivity contribution in [2.45, 2.75) is 31.5 Å². The van der Waals surface area contributed by atoms with Gasteiger partial charge in [-0.05, 0) is 12.0 Å². The van der Waals surface area contributed by atoms with Gasteiger partial charge in [-0.15, -0.1) is 0 Å². The molecule has 1 fully saturated rings. The van der Waals surface area contributed by atoms with E-state index in [2.05, 4.69) is 10.0 Å². The standard InChI is InChI=1S/C7H11N3O3/c8-10-9-2-1-6-3-5(11)4-7(12)13-6/h5-6,11H,1-4H2/t5-,6-/m1/s1. The van der Waals surface area contributed by atoms with Crippen LogP contribution >= 0.6 is 0 Å². The zero-order chi connectivity index (χ0) is 9.68. The molecule has 72 valence electrons. The number of aliphatic hydroxyl groups is 1. The fourth-order valence-electron chi connectivity index (χ4n) is 1.28. The highest BCUT2D eigenvalue weighted by molar-refractivity contribution is 5.70. The van der Waals surface area contributed by atoms with Crippen molar-refractivity contribution in [3.63, 3.8) is 0 Å². The predicted octanol–water partition coefficient (Wildman–Crippen LogP) is 0.753. The number of carbonyl (C=O) groups excluding carboxylic acids is 1. The SMILES string of the molecule is [N-]=[N+]=NCC[C@@H]1C[C@@H](O)CC(=O)O1. The average Bonchev–Trinajstić information content (AvgIpc) is 2.03. The third-order valence-corrected chi connectivity index (χ3v) is 1.85. The van der Waals surface area contributed by atoms with Gasteiger partial charge in [0, 0.05) is 17.9 Å². The Morgan fingerprint density at radius 2 is 2.54 bits per heavy atom. The molecule has 0 saturated carbocycles. The van der Waals surface area contributed by atoms with Gasteiger partial charge in [-0.3, -0.25) is 4.79 Å². The van der Waals surface area contributed by atoms with E-state index in [1.54, 1.807) is 0 Å². The number of ether oxygens (including phenoxy) is 1. The maximum Gasteiger partial charge on any atom is 0.308 e. The van der Waals surface area contributed by atoms with Crippen molar-refractivity contribution in [1.29, 1.82) is 0 Å². The van der Waals surface area contributed by atoms with Crippen LogP contribution in [0.5, 0.6) is 0 Å². The Labute approximate surface area is 75.1 Å². The van der Waals surface area contributed by atoms with Crippen LogP contribution in [-0.4, -0.2) is 29.8 Å². The Morgan fingerprint density at radius 1 is 1.77 bits per heavy atom. The lowest BCUT2D eigenvalue weighted by Crippen LogP contribution is -2.32. The summed E-state index contributed by atoms with van der Waals surface area (Å²) in [6.07, 6.45) is 0.0662. The summed E-state index contributed by atoms with van der Waals surface area (Å²) in [6, 6.07) is 0. The third-order valence-electron chi connectivity index (χ3n) is 1.85. The third kappa shape index (κ3) is 3.31. The number of cyclic esters (lactones) is 1. The molecular weight excluding hydrogens is 174 g/mol. The monoisotopic (exact) mass is 185 g/mol. The van der Waals surface area contributed by atoms with Gasteiger partial charge >= 0.3 is 5.97 Å². The van der Waals surface area contributed by atoms with E-state index >= 15 is 0 Å². The summed E-state index contributed by atoms with van der Waals surface area (Å²) in [7, 11) is 0. The molecule has 0 radical (unpaired) electrons. The van der Waals surface area contributed by atoms with Crippen molar-refractivity contribution >= 4 is 5.97 Å². The second kappa shape index (κ2) is 4.69. The Morgan fingerprint density at radius 3 is 3.15 bits per heavy atom. The maximum atomic E-state index is 10.8. The van der Waals surface area contributed by atoms with Gasteiger partial charge in [-0.25, -0.2) is 0 Å². The van der Waals surface area contributed by atoms with Crippen LogP contribution in [0.2, 0.25) is 0 Å². The number of carbonyl (C=O) groups is 1. The fraction of sp³-hybridized carbons (Fsp3) is 0.857. The highest BCUT2D eigenvalue weighted by Crippen LogP contribution is 2.17. The Kier molecular flexibility index (Phi) is 3.54. The number of aliphatic hydroxyl groups excluding tert-OH is 1. The number of hydrogen-bond donors (Lipinski definition) is 1. The summed E-state index contributed by atoms with van der Waals surface area (Å²) in [4.78, 5) is 13.4. The number of rotatable bonds is 3. The van der Waals surface area contributed by atoms with Gasteiger partial charge in [0.25, 0.3) is 0 Å². The van der Waals surface area contributed by atoms with Crippen molar-refractivity contribution in [2.75, 3.05) is 6.54 Å². The molecule has 0 unspecified atom stereocenters. The van der Waals surface area contributed by atoms with Gasteiger partial charge in [-0.1, -0.05) is 5.11 Å². The molecule has 1 saturated heterocycles. The van der Waals surface area contributed by atoms with Crippen molar-refractivity contribution in [2.24, 2.45) is 5.11 Å². The summed E-state index contributed by atoms with van der Waals surface area (Å²) in [5, 5.41) is 12.5. The molecule has 1 heterocycles. The zero-order valence-electron chi connectivity index (χ0n) is 7.09. The molecule has 6 nitrogen and oxygen atoms in total.